The van der Waals surface area contributed by atoms with Crippen molar-refractivity contribution in [3.8, 4) is 11.5 Å². The van der Waals surface area contributed by atoms with Gasteiger partial charge >= 0.3 is 0 Å². The number of hydrogen-bond donors (Lipinski definition) is 2. The Morgan fingerprint density at radius 1 is 1.00 bits per heavy atom. The van der Waals surface area contributed by atoms with E-state index < -0.39 is 46.7 Å². The minimum Gasteiger partial charge on any atom is -0.502 e. The van der Waals surface area contributed by atoms with Gasteiger partial charge in [0.1, 0.15) is 29.6 Å². The number of pyridine rings is 1. The topological polar surface area (TPSA) is 123 Å². The number of rotatable bonds is 0. The largest absolute Gasteiger partial charge is 0.502 e. The van der Waals surface area contributed by atoms with E-state index in [9.17, 15) is 28.3 Å². The summed E-state index contributed by atoms with van der Waals surface area (Å²) >= 11 is 0. The van der Waals surface area contributed by atoms with Gasteiger partial charge < -0.3 is 29.5 Å². The maximum Gasteiger partial charge on any atom is 0.277 e. The number of fused-ring (bicyclic) bond motifs is 2. The van der Waals surface area contributed by atoms with Gasteiger partial charge in [-0.25, -0.2) is 8.78 Å². The lowest BCUT2D eigenvalue weighted by atomic mass is 10.1. The summed E-state index contributed by atoms with van der Waals surface area (Å²) in [5.41, 5.74) is -1.88. The fourth-order valence-corrected chi connectivity index (χ4v) is 4.07. The molecule has 0 aliphatic carbocycles. The van der Waals surface area contributed by atoms with Gasteiger partial charge in [-0.2, -0.15) is 0 Å². The molecule has 2 aliphatic heterocycles. The van der Waals surface area contributed by atoms with Gasteiger partial charge in [0.2, 0.25) is 5.43 Å². The van der Waals surface area contributed by atoms with Crippen molar-refractivity contribution in [1.82, 2.24) is 14.9 Å². The second-order valence-corrected chi connectivity index (χ2v) is 8.62. The SMILES string of the molecule is CN1CN2CCCOCCOCCCOc3cc(F)cc(F)c3CNC(=O)c3cn2c(c(O)c3=O)C1=O. The molecule has 11 nitrogen and oxygen atoms in total. The molecule has 0 radical (unpaired) electrons. The number of carbonyl (C=O) groups is 2. The van der Waals surface area contributed by atoms with Crippen molar-refractivity contribution in [3.05, 3.63) is 57.0 Å². The lowest BCUT2D eigenvalue weighted by Gasteiger charge is -2.38. The summed E-state index contributed by atoms with van der Waals surface area (Å²) in [6.07, 6.45) is 2.18. The summed E-state index contributed by atoms with van der Waals surface area (Å²) < 4.78 is 46.3. The van der Waals surface area contributed by atoms with Gasteiger partial charge in [0, 0.05) is 63.7 Å². The molecule has 2 amide bonds. The highest BCUT2D eigenvalue weighted by atomic mass is 19.1. The third kappa shape index (κ3) is 5.83. The van der Waals surface area contributed by atoms with Gasteiger partial charge in [-0.1, -0.05) is 0 Å². The number of nitrogens with one attached hydrogen (secondary N) is 1. The summed E-state index contributed by atoms with van der Waals surface area (Å²) in [4.78, 5) is 39.8. The first-order valence-electron chi connectivity index (χ1n) is 11.8. The van der Waals surface area contributed by atoms with Crippen molar-refractivity contribution in [3.63, 3.8) is 0 Å². The molecule has 0 unspecified atom stereocenters. The fourth-order valence-electron chi connectivity index (χ4n) is 4.07. The van der Waals surface area contributed by atoms with E-state index in [-0.39, 0.29) is 30.3 Å². The number of aromatic nitrogens is 1. The van der Waals surface area contributed by atoms with Gasteiger partial charge in [-0.3, -0.25) is 24.1 Å². The summed E-state index contributed by atoms with van der Waals surface area (Å²) in [7, 11) is 1.53. The number of ether oxygens (including phenoxy) is 3. The predicted molar refractivity (Wildman–Crippen MR) is 126 cm³/mol. The number of benzene rings is 1. The molecule has 0 fully saturated rings. The van der Waals surface area contributed by atoms with E-state index in [1.807, 2.05) is 0 Å². The minimum absolute atomic E-state index is 0.0969. The zero-order valence-electron chi connectivity index (χ0n) is 20.3. The second kappa shape index (κ2) is 11.6. The molecule has 0 spiro atoms. The first-order chi connectivity index (χ1) is 17.8. The highest BCUT2D eigenvalue weighted by Crippen LogP contribution is 2.24. The Morgan fingerprint density at radius 2 is 1.73 bits per heavy atom. The molecule has 200 valence electrons. The third-order valence-corrected chi connectivity index (χ3v) is 5.95. The molecule has 0 saturated carbocycles. The van der Waals surface area contributed by atoms with Crippen LogP contribution in [-0.2, 0) is 16.0 Å². The van der Waals surface area contributed by atoms with Crippen LogP contribution in [0.2, 0.25) is 0 Å². The van der Waals surface area contributed by atoms with Gasteiger partial charge in [-0.05, 0) is 6.42 Å². The number of aromatic hydroxyl groups is 1. The average molecular weight is 523 g/mol. The Labute approximate surface area is 211 Å². The molecule has 0 atom stereocenters. The molecular weight excluding hydrogens is 494 g/mol. The van der Waals surface area contributed by atoms with Gasteiger partial charge in [0.15, 0.2) is 11.4 Å². The molecule has 3 heterocycles. The van der Waals surface area contributed by atoms with Crippen LogP contribution in [0.1, 0.15) is 39.3 Å². The Balaban J connectivity index is 1.68. The zero-order chi connectivity index (χ0) is 26.5. The molecule has 1 aromatic carbocycles. The Morgan fingerprint density at radius 3 is 2.49 bits per heavy atom. The van der Waals surface area contributed by atoms with E-state index in [4.69, 9.17) is 14.2 Å². The van der Waals surface area contributed by atoms with Crippen LogP contribution in [0, 0.1) is 11.6 Å². The second-order valence-electron chi connectivity index (χ2n) is 8.62. The van der Waals surface area contributed by atoms with Crippen molar-refractivity contribution in [2.45, 2.75) is 19.4 Å². The predicted octanol–water partition coefficient (Wildman–Crippen LogP) is 0.949. The van der Waals surface area contributed by atoms with Gasteiger partial charge in [0.25, 0.3) is 11.8 Å². The standard InChI is InChI=1S/C24H28F2N4O7/c1-28-14-29-4-2-5-35-8-9-36-6-3-7-37-19-11-15(25)10-18(26)16(19)12-27-23(33)17-13-30(29)20(24(28)34)22(32)21(17)31/h10-11,13,32H,2-9,12,14H2,1H3,(H,27,33). The normalized spacial score (nSPS) is 18.0. The van der Waals surface area contributed by atoms with Crippen LogP contribution in [0.3, 0.4) is 0 Å². The number of halogens is 2. The maximum atomic E-state index is 14.6. The van der Waals surface area contributed by atoms with E-state index in [0.29, 0.717) is 51.9 Å². The molecule has 2 bridgehead atoms. The van der Waals surface area contributed by atoms with E-state index in [0.717, 1.165) is 6.07 Å². The first-order valence-corrected chi connectivity index (χ1v) is 11.8. The molecule has 0 saturated heterocycles. The Hall–Kier alpha value is -3.71. The lowest BCUT2D eigenvalue weighted by molar-refractivity contribution is 0.0424. The summed E-state index contributed by atoms with van der Waals surface area (Å²) in [5, 5.41) is 14.7. The number of hydrogen-bond acceptors (Lipinski definition) is 8. The van der Waals surface area contributed by atoms with Crippen LogP contribution >= 0.6 is 0 Å². The third-order valence-electron chi connectivity index (χ3n) is 5.95. The molecule has 2 N–H and O–H groups in total. The average Bonchev–Trinajstić information content (AvgIpc) is 2.85. The van der Waals surface area contributed by atoms with E-state index >= 15 is 0 Å². The van der Waals surface area contributed by atoms with Crippen LogP contribution in [0.5, 0.6) is 11.5 Å². The van der Waals surface area contributed by atoms with Crippen molar-refractivity contribution < 1.29 is 37.7 Å². The summed E-state index contributed by atoms with van der Waals surface area (Å²) in [6, 6.07) is 1.67. The van der Waals surface area contributed by atoms with Crippen molar-refractivity contribution in [2.75, 3.05) is 58.3 Å². The summed E-state index contributed by atoms with van der Waals surface area (Å²) in [5.74, 6) is -4.26. The molecule has 1 aromatic heterocycles. The molecule has 4 rings (SSSR count). The number of carbonyl (C=O) groups excluding carboxylic acids is 2. The molecule has 2 aliphatic rings. The molecule has 37 heavy (non-hydrogen) atoms. The van der Waals surface area contributed by atoms with Crippen molar-refractivity contribution in [2.24, 2.45) is 0 Å². The minimum atomic E-state index is -1.05. The van der Waals surface area contributed by atoms with E-state index in [2.05, 4.69) is 5.32 Å². The first kappa shape index (κ1) is 26.4. The monoisotopic (exact) mass is 522 g/mol. The maximum absolute atomic E-state index is 14.6. The molecule has 13 heteroatoms. The van der Waals surface area contributed by atoms with Gasteiger partial charge in [0.05, 0.1) is 19.8 Å². The number of amides is 2. The van der Waals surface area contributed by atoms with Crippen LogP contribution in [0.25, 0.3) is 0 Å². The molecular formula is C24H28F2N4O7. The quantitative estimate of drug-likeness (QED) is 0.525. The fraction of sp³-hybridized carbons (Fsp3) is 0.458. The molecule has 2 aromatic rings. The Bertz CT molecular complexity index is 1240. The smallest absolute Gasteiger partial charge is 0.277 e. The van der Waals surface area contributed by atoms with Gasteiger partial charge in [-0.15, -0.1) is 0 Å². The van der Waals surface area contributed by atoms with Crippen LogP contribution in [0.4, 0.5) is 8.78 Å². The number of nitrogens with zero attached hydrogens (tertiary/aromatic N) is 3. The van der Waals surface area contributed by atoms with E-state index in [1.165, 1.54) is 22.8 Å². The van der Waals surface area contributed by atoms with E-state index in [1.54, 1.807) is 5.01 Å². The van der Waals surface area contributed by atoms with Crippen LogP contribution < -0.4 is 20.5 Å². The zero-order valence-corrected chi connectivity index (χ0v) is 20.3. The highest BCUT2D eigenvalue weighted by molar-refractivity contribution is 5.99. The van der Waals surface area contributed by atoms with Crippen LogP contribution in [-0.4, -0.2) is 79.8 Å². The van der Waals surface area contributed by atoms with Crippen LogP contribution in [0.15, 0.2) is 23.1 Å². The summed E-state index contributed by atoms with van der Waals surface area (Å²) in [6.45, 7) is 1.68. The highest BCUT2D eigenvalue weighted by Gasteiger charge is 2.32. The van der Waals surface area contributed by atoms with Crippen molar-refractivity contribution >= 4 is 11.8 Å². The van der Waals surface area contributed by atoms with Crippen molar-refractivity contribution in [1.29, 1.82) is 0 Å². The Kier molecular flexibility index (Phi) is 8.24. The lowest BCUT2D eigenvalue weighted by Crippen LogP contribution is -2.53.